The molecule has 0 aliphatic rings. The lowest BCUT2D eigenvalue weighted by molar-refractivity contribution is 0.0905. The van der Waals surface area contributed by atoms with E-state index in [4.69, 9.17) is 5.73 Å². The summed E-state index contributed by atoms with van der Waals surface area (Å²) >= 11 is 0. The van der Waals surface area contributed by atoms with Crippen molar-refractivity contribution in [1.29, 1.82) is 0 Å². The average Bonchev–Trinajstić information content (AvgIpc) is 2.23. The number of nitrogens with one attached hydrogen (secondary N) is 2. The summed E-state index contributed by atoms with van der Waals surface area (Å²) in [6.45, 7) is 6.37. The first-order valence-electron chi connectivity index (χ1n) is 5.54. The highest BCUT2D eigenvalue weighted by Crippen LogP contribution is 2.18. The molecule has 0 aromatic carbocycles. The predicted molar refractivity (Wildman–Crippen MR) is 66.8 cm³/mol. The third kappa shape index (κ3) is 3.71. The van der Waals surface area contributed by atoms with Crippen LogP contribution in [0.25, 0.3) is 0 Å². The number of amides is 1. The van der Waals surface area contributed by atoms with E-state index in [2.05, 4.69) is 10.3 Å². The lowest BCUT2D eigenvalue weighted by Gasteiger charge is -2.30. The second-order valence-electron chi connectivity index (χ2n) is 5.07. The number of carbonyl (C=O) groups excluding carboxylic acids is 1. The highest BCUT2D eigenvalue weighted by atomic mass is 16.2. The van der Waals surface area contributed by atoms with Gasteiger partial charge in [0.25, 0.3) is 5.91 Å². The molecule has 1 atom stereocenters. The maximum atomic E-state index is 11.9. The molecule has 0 aliphatic carbocycles. The molecule has 5 nitrogen and oxygen atoms in total. The van der Waals surface area contributed by atoms with E-state index in [1.165, 1.54) is 12.3 Å². The van der Waals surface area contributed by atoms with Gasteiger partial charge in [-0.1, -0.05) is 20.8 Å². The number of carbonyl (C=O) groups is 1. The lowest BCUT2D eigenvalue weighted by Crippen LogP contribution is -2.48. The van der Waals surface area contributed by atoms with Crippen molar-refractivity contribution in [1.82, 2.24) is 10.3 Å². The Morgan fingerprint density at radius 3 is 2.65 bits per heavy atom. The van der Waals surface area contributed by atoms with Crippen LogP contribution < -0.4 is 16.6 Å². The van der Waals surface area contributed by atoms with Gasteiger partial charge < -0.3 is 16.0 Å². The molecule has 0 bridgehead atoms. The lowest BCUT2D eigenvalue weighted by atomic mass is 9.86. The van der Waals surface area contributed by atoms with Crippen molar-refractivity contribution in [3.63, 3.8) is 0 Å². The number of rotatable bonds is 3. The van der Waals surface area contributed by atoms with Crippen LogP contribution in [0, 0.1) is 5.41 Å². The number of hydrogen-bond donors (Lipinski definition) is 3. The van der Waals surface area contributed by atoms with Crippen molar-refractivity contribution in [2.45, 2.75) is 26.8 Å². The molecular weight excluding hydrogens is 218 g/mol. The van der Waals surface area contributed by atoms with Crippen LogP contribution in [0.2, 0.25) is 0 Å². The molecule has 0 spiro atoms. The summed E-state index contributed by atoms with van der Waals surface area (Å²) in [6, 6.07) is 2.70. The maximum absolute atomic E-state index is 11.9. The summed E-state index contributed by atoms with van der Waals surface area (Å²) in [5.41, 5.74) is 5.56. The summed E-state index contributed by atoms with van der Waals surface area (Å²) in [5.74, 6) is -0.276. The molecule has 0 saturated heterocycles. The van der Waals surface area contributed by atoms with E-state index in [1.807, 2.05) is 20.8 Å². The Kier molecular flexibility index (Phi) is 4.07. The minimum absolute atomic E-state index is 0.119. The van der Waals surface area contributed by atoms with Gasteiger partial charge in [0.15, 0.2) is 0 Å². The molecule has 5 heteroatoms. The van der Waals surface area contributed by atoms with E-state index < -0.39 is 0 Å². The molecule has 0 saturated carbocycles. The van der Waals surface area contributed by atoms with Crippen molar-refractivity contribution in [3.8, 4) is 0 Å². The van der Waals surface area contributed by atoms with E-state index >= 15 is 0 Å². The minimum Gasteiger partial charge on any atom is -0.348 e. The van der Waals surface area contributed by atoms with Gasteiger partial charge in [0, 0.05) is 30.4 Å². The predicted octanol–water partition coefficient (Wildman–Crippen LogP) is 0.478. The third-order valence-electron chi connectivity index (χ3n) is 2.62. The van der Waals surface area contributed by atoms with Crippen LogP contribution in [0.3, 0.4) is 0 Å². The zero-order chi connectivity index (χ0) is 13.1. The molecule has 94 valence electrons. The first-order valence-corrected chi connectivity index (χ1v) is 5.54. The Bertz CT molecular complexity index is 446. The van der Waals surface area contributed by atoms with Crippen LogP contribution in [0.5, 0.6) is 0 Å². The normalized spacial score (nSPS) is 13.2. The van der Waals surface area contributed by atoms with Crippen LogP contribution >= 0.6 is 0 Å². The van der Waals surface area contributed by atoms with Gasteiger partial charge in [0.1, 0.15) is 0 Å². The molecule has 0 aliphatic heterocycles. The SMILES string of the molecule is CC(C)(C)C(CN)NC(=O)c1cc[nH]c(=O)c1. The molecule has 1 rings (SSSR count). The summed E-state index contributed by atoms with van der Waals surface area (Å²) < 4.78 is 0. The zero-order valence-electron chi connectivity index (χ0n) is 10.4. The van der Waals surface area contributed by atoms with E-state index in [0.29, 0.717) is 12.1 Å². The van der Waals surface area contributed by atoms with Gasteiger partial charge in [-0.3, -0.25) is 9.59 Å². The quantitative estimate of drug-likeness (QED) is 0.714. The maximum Gasteiger partial charge on any atom is 0.251 e. The van der Waals surface area contributed by atoms with Gasteiger partial charge in [0.2, 0.25) is 5.56 Å². The highest BCUT2D eigenvalue weighted by molar-refractivity contribution is 5.94. The number of aromatic amines is 1. The number of H-pyrrole nitrogens is 1. The number of hydrogen-bond acceptors (Lipinski definition) is 3. The van der Waals surface area contributed by atoms with Crippen molar-refractivity contribution >= 4 is 5.91 Å². The van der Waals surface area contributed by atoms with Crippen molar-refractivity contribution in [3.05, 3.63) is 34.2 Å². The smallest absolute Gasteiger partial charge is 0.251 e. The van der Waals surface area contributed by atoms with E-state index in [1.54, 1.807) is 6.07 Å². The second kappa shape index (κ2) is 5.14. The van der Waals surface area contributed by atoms with Gasteiger partial charge in [-0.2, -0.15) is 0 Å². The third-order valence-corrected chi connectivity index (χ3v) is 2.62. The fourth-order valence-corrected chi connectivity index (χ4v) is 1.46. The van der Waals surface area contributed by atoms with Gasteiger partial charge in [-0.15, -0.1) is 0 Å². The second-order valence-corrected chi connectivity index (χ2v) is 5.07. The molecule has 17 heavy (non-hydrogen) atoms. The van der Waals surface area contributed by atoms with E-state index in [-0.39, 0.29) is 22.9 Å². The number of pyridine rings is 1. The summed E-state index contributed by atoms with van der Waals surface area (Å²) in [7, 11) is 0. The first kappa shape index (κ1) is 13.4. The Labute approximate surface area is 100 Å². The molecule has 1 aromatic rings. The molecule has 0 fully saturated rings. The van der Waals surface area contributed by atoms with Crippen LogP contribution in [0.1, 0.15) is 31.1 Å². The number of aromatic nitrogens is 1. The minimum atomic E-state index is -0.294. The van der Waals surface area contributed by atoms with Gasteiger partial charge in [-0.05, 0) is 11.5 Å². The molecule has 1 aromatic heterocycles. The Morgan fingerprint density at radius 1 is 1.53 bits per heavy atom. The van der Waals surface area contributed by atoms with E-state index in [9.17, 15) is 9.59 Å². The summed E-state index contributed by atoms with van der Waals surface area (Å²) in [4.78, 5) is 25.4. The topological polar surface area (TPSA) is 88.0 Å². The first-order chi connectivity index (χ1) is 7.84. The molecular formula is C12H19N3O2. The van der Waals surface area contributed by atoms with Crippen LogP contribution in [-0.4, -0.2) is 23.5 Å². The standard InChI is InChI=1S/C12H19N3O2/c1-12(2,3)9(7-13)15-11(17)8-4-5-14-10(16)6-8/h4-6,9H,7,13H2,1-3H3,(H,14,16)(H,15,17). The molecule has 1 heterocycles. The van der Waals surface area contributed by atoms with Crippen molar-refractivity contribution < 1.29 is 4.79 Å². The fourth-order valence-electron chi connectivity index (χ4n) is 1.46. The van der Waals surface area contributed by atoms with Gasteiger partial charge in [-0.25, -0.2) is 0 Å². The fraction of sp³-hybridized carbons (Fsp3) is 0.500. The number of nitrogens with two attached hydrogens (primary N) is 1. The zero-order valence-corrected chi connectivity index (χ0v) is 10.4. The van der Waals surface area contributed by atoms with Crippen LogP contribution in [0.15, 0.2) is 23.1 Å². The average molecular weight is 237 g/mol. The summed E-state index contributed by atoms with van der Waals surface area (Å²) in [6.07, 6.45) is 1.45. The van der Waals surface area contributed by atoms with Gasteiger partial charge in [0.05, 0.1) is 0 Å². The largest absolute Gasteiger partial charge is 0.348 e. The monoisotopic (exact) mass is 237 g/mol. The highest BCUT2D eigenvalue weighted by Gasteiger charge is 2.25. The van der Waals surface area contributed by atoms with Gasteiger partial charge >= 0.3 is 0 Å². The molecule has 4 N–H and O–H groups in total. The molecule has 1 amide bonds. The Hall–Kier alpha value is -1.62. The van der Waals surface area contributed by atoms with E-state index in [0.717, 1.165) is 0 Å². The van der Waals surface area contributed by atoms with Crippen LogP contribution in [-0.2, 0) is 0 Å². The van der Waals surface area contributed by atoms with Crippen molar-refractivity contribution in [2.75, 3.05) is 6.54 Å². The molecule has 1 unspecified atom stereocenters. The Balaban J connectivity index is 2.82. The molecule has 0 radical (unpaired) electrons. The van der Waals surface area contributed by atoms with Crippen molar-refractivity contribution in [2.24, 2.45) is 11.1 Å². The Morgan fingerprint density at radius 2 is 2.18 bits per heavy atom. The van der Waals surface area contributed by atoms with Crippen LogP contribution in [0.4, 0.5) is 0 Å². The summed E-state index contributed by atoms with van der Waals surface area (Å²) in [5, 5.41) is 2.83.